The summed E-state index contributed by atoms with van der Waals surface area (Å²) in [6, 6.07) is 0. The lowest BCUT2D eigenvalue weighted by molar-refractivity contribution is -0.161. The van der Waals surface area contributed by atoms with Crippen LogP contribution in [-0.2, 0) is 19.1 Å². The molecule has 0 aliphatic carbocycles. The third-order valence-corrected chi connectivity index (χ3v) is 12.6. The number of unbranched alkanes of at least 4 members (excludes halogenated alkanes) is 22. The summed E-state index contributed by atoms with van der Waals surface area (Å²) in [7, 11) is 0. The van der Waals surface area contributed by atoms with E-state index in [4.69, 9.17) is 9.47 Å². The number of rotatable bonds is 54. The fourth-order valence-electron chi connectivity index (χ4n) is 8.15. The molecule has 0 fully saturated rings. The molecule has 0 aromatic rings. The third kappa shape index (κ3) is 60.3. The fraction of sp³-hybridized carbons (Fsp3) is 0.623. The molecule has 1 atom stereocenters. The van der Waals surface area contributed by atoms with E-state index in [0.717, 1.165) is 116 Å². The van der Waals surface area contributed by atoms with Crippen LogP contribution in [0.4, 0.5) is 0 Å². The maximum Gasteiger partial charge on any atom is 0.306 e. The quantitative estimate of drug-likeness (QED) is 0.0373. The number of carbonyl (C=O) groups excluding carboxylic acids is 2. The van der Waals surface area contributed by atoms with Gasteiger partial charge in [-0.25, -0.2) is 0 Å². The molecule has 0 amide bonds. The van der Waals surface area contributed by atoms with E-state index in [2.05, 4.69) is 160 Å². The number of allylic oxidation sites excluding steroid dienone is 24. The van der Waals surface area contributed by atoms with Crippen molar-refractivity contribution in [3.63, 3.8) is 0 Å². The molecule has 0 spiro atoms. The molecule has 0 bridgehead atoms. The molecule has 418 valence electrons. The largest absolute Gasteiger partial charge is 0.462 e. The van der Waals surface area contributed by atoms with Crippen molar-refractivity contribution in [2.75, 3.05) is 13.2 Å². The lowest BCUT2D eigenvalue weighted by atomic mass is 10.0. The van der Waals surface area contributed by atoms with Crippen LogP contribution in [0.25, 0.3) is 0 Å². The first-order chi connectivity index (χ1) is 36.6. The number of esters is 2. The summed E-state index contributed by atoms with van der Waals surface area (Å²) in [5.41, 5.74) is 0. The maximum atomic E-state index is 12.3. The van der Waals surface area contributed by atoms with Gasteiger partial charge in [0.1, 0.15) is 6.61 Å². The summed E-state index contributed by atoms with van der Waals surface area (Å²) >= 11 is 0. The zero-order valence-corrected chi connectivity index (χ0v) is 47.8. The Kier molecular flexibility index (Phi) is 59.5. The van der Waals surface area contributed by atoms with Crippen LogP contribution in [0.5, 0.6) is 0 Å². The average Bonchev–Trinajstić information content (AvgIpc) is 3.40. The first kappa shape index (κ1) is 69.8. The van der Waals surface area contributed by atoms with Crippen molar-refractivity contribution >= 4 is 11.9 Å². The fourth-order valence-corrected chi connectivity index (χ4v) is 8.15. The maximum absolute atomic E-state index is 12.3. The monoisotopic (exact) mass is 1020 g/mol. The molecule has 0 heterocycles. The highest BCUT2D eigenvalue weighted by atomic mass is 16.6. The molecule has 0 rings (SSSR count). The Labute approximate surface area is 457 Å². The Morgan fingerprint density at radius 3 is 0.838 bits per heavy atom. The number of carbonyl (C=O) groups is 2. The number of aliphatic hydroxyl groups is 1. The van der Waals surface area contributed by atoms with Gasteiger partial charge in [0.2, 0.25) is 0 Å². The molecule has 5 nitrogen and oxygen atoms in total. The lowest BCUT2D eigenvalue weighted by Crippen LogP contribution is -2.28. The van der Waals surface area contributed by atoms with Gasteiger partial charge < -0.3 is 14.6 Å². The van der Waals surface area contributed by atoms with Crippen LogP contribution in [0, 0.1) is 0 Å². The zero-order chi connectivity index (χ0) is 53.4. The van der Waals surface area contributed by atoms with Crippen LogP contribution in [-0.4, -0.2) is 36.4 Å². The Morgan fingerprint density at radius 1 is 0.311 bits per heavy atom. The second-order valence-electron chi connectivity index (χ2n) is 19.7. The molecular weight excluding hydrogens is 909 g/mol. The van der Waals surface area contributed by atoms with Gasteiger partial charge in [-0.15, -0.1) is 0 Å². The van der Waals surface area contributed by atoms with Gasteiger partial charge in [0.25, 0.3) is 0 Å². The van der Waals surface area contributed by atoms with Gasteiger partial charge in [0, 0.05) is 12.8 Å². The van der Waals surface area contributed by atoms with Gasteiger partial charge in [-0.05, 0) is 116 Å². The minimum Gasteiger partial charge on any atom is -0.462 e. The second-order valence-corrected chi connectivity index (χ2v) is 19.7. The Bertz CT molecular complexity index is 1580. The van der Waals surface area contributed by atoms with Gasteiger partial charge in [0.15, 0.2) is 6.10 Å². The van der Waals surface area contributed by atoms with Crippen LogP contribution >= 0.6 is 0 Å². The van der Waals surface area contributed by atoms with E-state index >= 15 is 0 Å². The van der Waals surface area contributed by atoms with E-state index in [9.17, 15) is 14.7 Å². The van der Waals surface area contributed by atoms with Gasteiger partial charge in [-0.3, -0.25) is 9.59 Å². The molecule has 1 N–H and O–H groups in total. The van der Waals surface area contributed by atoms with Gasteiger partial charge in [0.05, 0.1) is 6.61 Å². The molecule has 0 saturated heterocycles. The first-order valence-corrected chi connectivity index (χ1v) is 30.4. The number of hydrogen-bond acceptors (Lipinski definition) is 5. The van der Waals surface area contributed by atoms with Crippen LogP contribution in [0.1, 0.15) is 258 Å². The molecule has 0 aliphatic rings. The molecule has 1 unspecified atom stereocenters. The van der Waals surface area contributed by atoms with E-state index in [1.165, 1.54) is 116 Å². The molecule has 0 saturated carbocycles. The number of ether oxygens (including phenoxy) is 2. The molecule has 0 aromatic carbocycles. The molecule has 0 radical (unpaired) electrons. The van der Waals surface area contributed by atoms with Crippen LogP contribution in [0.15, 0.2) is 146 Å². The average molecular weight is 1020 g/mol. The normalized spacial score (nSPS) is 13.3. The first-order valence-electron chi connectivity index (χ1n) is 30.4. The van der Waals surface area contributed by atoms with Crippen molar-refractivity contribution in [2.24, 2.45) is 0 Å². The van der Waals surface area contributed by atoms with Crippen molar-refractivity contribution in [3.05, 3.63) is 146 Å². The van der Waals surface area contributed by atoms with Crippen molar-refractivity contribution < 1.29 is 24.2 Å². The Hall–Kier alpha value is -4.22. The smallest absolute Gasteiger partial charge is 0.306 e. The summed E-state index contributed by atoms with van der Waals surface area (Å²) in [5, 5.41) is 9.66. The van der Waals surface area contributed by atoms with E-state index in [1.54, 1.807) is 0 Å². The van der Waals surface area contributed by atoms with Gasteiger partial charge >= 0.3 is 11.9 Å². The summed E-state index contributed by atoms with van der Waals surface area (Å²) in [6.07, 6.45) is 95.5. The number of aliphatic hydroxyl groups excluding tert-OH is 1. The molecule has 0 aromatic heterocycles. The standard InChI is InChI=1S/C69H112O5/c1-3-5-7-9-11-13-15-17-19-21-23-25-27-29-31-32-33-34-35-36-38-39-41-43-45-47-49-51-53-55-57-59-61-63-68(71)73-66-67(65-70)74-69(72)64-62-60-58-56-54-52-50-48-46-44-42-40-37-30-28-26-24-22-20-18-16-14-12-10-8-6-4-2/h5-8,11-14,17-20,23-26,30,37,42,44,48,50,54,56,67,70H,3-4,9-10,15-16,21-22,27-29,31-36,38-41,43,45-47,49,51-53,55,57-66H2,1-2H3/b7-5-,8-6-,13-11-,14-12-,19-17-,20-18-,25-23-,26-24-,37-30-,44-42-,50-48-,56-54-. The minimum absolute atomic E-state index is 0.0906. The van der Waals surface area contributed by atoms with Crippen LogP contribution in [0.3, 0.4) is 0 Å². The lowest BCUT2D eigenvalue weighted by Gasteiger charge is -2.15. The van der Waals surface area contributed by atoms with Crippen molar-refractivity contribution in [2.45, 2.75) is 264 Å². The molecule has 0 aliphatic heterocycles. The topological polar surface area (TPSA) is 72.8 Å². The second kappa shape index (κ2) is 63.1. The summed E-state index contributed by atoms with van der Waals surface area (Å²) in [5.74, 6) is -0.644. The van der Waals surface area contributed by atoms with E-state index in [1.807, 2.05) is 0 Å². The van der Waals surface area contributed by atoms with Gasteiger partial charge in [-0.2, -0.15) is 0 Å². The van der Waals surface area contributed by atoms with Crippen LogP contribution in [0.2, 0.25) is 0 Å². The highest BCUT2D eigenvalue weighted by molar-refractivity contribution is 5.70. The van der Waals surface area contributed by atoms with Crippen molar-refractivity contribution in [1.29, 1.82) is 0 Å². The highest BCUT2D eigenvalue weighted by Gasteiger charge is 2.16. The van der Waals surface area contributed by atoms with Crippen LogP contribution < -0.4 is 0 Å². The summed E-state index contributed by atoms with van der Waals surface area (Å²) in [6.45, 7) is 3.89. The SMILES string of the molecule is CC/C=C\C/C=C\C/C=C\C/C=C\C/C=C\C/C=C\C/C=C\C/C=C\CCCCC(=O)OC(CO)COC(=O)CCCCCCCCCCCCCCCCCCCCCC/C=C\C/C=C\C/C=C\C/C=C\CC. The van der Waals surface area contributed by atoms with Crippen molar-refractivity contribution in [3.8, 4) is 0 Å². The van der Waals surface area contributed by atoms with E-state index in [-0.39, 0.29) is 25.2 Å². The predicted molar refractivity (Wildman–Crippen MR) is 324 cm³/mol. The molecular formula is C69H112O5. The Balaban J connectivity index is 3.56. The highest BCUT2D eigenvalue weighted by Crippen LogP contribution is 2.16. The van der Waals surface area contributed by atoms with Crippen molar-refractivity contribution in [1.82, 2.24) is 0 Å². The molecule has 5 heteroatoms. The third-order valence-electron chi connectivity index (χ3n) is 12.6. The minimum atomic E-state index is -0.806. The Morgan fingerprint density at radius 2 is 0.541 bits per heavy atom. The predicted octanol–water partition coefficient (Wildman–Crippen LogP) is 21.0. The zero-order valence-electron chi connectivity index (χ0n) is 47.8. The van der Waals surface area contributed by atoms with Gasteiger partial charge in [-0.1, -0.05) is 275 Å². The van der Waals surface area contributed by atoms with E-state index in [0.29, 0.717) is 12.8 Å². The van der Waals surface area contributed by atoms with E-state index < -0.39 is 6.10 Å². The number of hydrogen-bond donors (Lipinski definition) is 1. The molecule has 74 heavy (non-hydrogen) atoms. The summed E-state index contributed by atoms with van der Waals surface area (Å²) < 4.78 is 10.7. The summed E-state index contributed by atoms with van der Waals surface area (Å²) in [4.78, 5) is 24.6.